The summed E-state index contributed by atoms with van der Waals surface area (Å²) in [7, 11) is 0. The molecule has 0 atom stereocenters. The van der Waals surface area contributed by atoms with E-state index in [-0.39, 0.29) is 5.69 Å². The molecule has 0 saturated heterocycles. The Kier molecular flexibility index (Phi) is 4.65. The molecule has 0 fully saturated rings. The van der Waals surface area contributed by atoms with Crippen molar-refractivity contribution in [1.82, 2.24) is 9.97 Å². The van der Waals surface area contributed by atoms with Crippen molar-refractivity contribution >= 4 is 17.5 Å². The molecule has 1 aromatic heterocycles. The van der Waals surface area contributed by atoms with Crippen LogP contribution in [0.1, 0.15) is 30.3 Å². The third-order valence-electron chi connectivity index (χ3n) is 2.94. The van der Waals surface area contributed by atoms with Crippen LogP contribution in [0.4, 0.5) is 11.5 Å². The zero-order valence-electron chi connectivity index (χ0n) is 11.4. The van der Waals surface area contributed by atoms with Crippen LogP contribution in [0, 0.1) is 0 Å². The third kappa shape index (κ3) is 3.32. The maximum atomic E-state index is 10.8. The van der Waals surface area contributed by atoms with Gasteiger partial charge in [-0.3, -0.25) is 0 Å². The Balaban J connectivity index is 2.28. The van der Waals surface area contributed by atoms with E-state index in [0.29, 0.717) is 5.82 Å². The second-order valence-electron chi connectivity index (χ2n) is 4.41. The molecule has 20 heavy (non-hydrogen) atoms. The van der Waals surface area contributed by atoms with Crippen molar-refractivity contribution in [3.8, 4) is 0 Å². The first-order valence-electron chi connectivity index (χ1n) is 6.60. The third-order valence-corrected chi connectivity index (χ3v) is 2.94. The van der Waals surface area contributed by atoms with Crippen LogP contribution < -0.4 is 4.90 Å². The number of carboxylic acids is 1. The number of aromatic nitrogens is 2. The molecule has 2 rings (SSSR count). The van der Waals surface area contributed by atoms with E-state index in [1.165, 1.54) is 12.4 Å². The maximum absolute atomic E-state index is 10.8. The van der Waals surface area contributed by atoms with Crippen LogP contribution in [-0.2, 0) is 0 Å². The summed E-state index contributed by atoms with van der Waals surface area (Å²) in [5.74, 6) is -0.404. The molecule has 104 valence electrons. The monoisotopic (exact) mass is 271 g/mol. The smallest absolute Gasteiger partial charge is 0.356 e. The van der Waals surface area contributed by atoms with Gasteiger partial charge in [-0.2, -0.15) is 0 Å². The summed E-state index contributed by atoms with van der Waals surface area (Å²) in [6, 6.07) is 9.90. The number of hydrogen-bond acceptors (Lipinski definition) is 4. The fourth-order valence-electron chi connectivity index (χ4n) is 1.87. The van der Waals surface area contributed by atoms with Gasteiger partial charge in [0.05, 0.1) is 12.4 Å². The predicted molar refractivity (Wildman–Crippen MR) is 77.3 cm³/mol. The van der Waals surface area contributed by atoms with Crippen molar-refractivity contribution in [2.24, 2.45) is 0 Å². The molecule has 0 aliphatic rings. The number of hydrogen-bond donors (Lipinski definition) is 1. The Hall–Kier alpha value is -2.43. The number of benzene rings is 1. The number of nitrogens with zero attached hydrogens (tertiary/aromatic N) is 3. The van der Waals surface area contributed by atoms with Gasteiger partial charge in [0.2, 0.25) is 0 Å². The van der Waals surface area contributed by atoms with Gasteiger partial charge >= 0.3 is 5.97 Å². The van der Waals surface area contributed by atoms with Gasteiger partial charge in [0.1, 0.15) is 0 Å². The molecule has 0 aliphatic heterocycles. The van der Waals surface area contributed by atoms with E-state index in [0.717, 1.165) is 25.1 Å². The SMILES string of the molecule is CCCCN(c1ccccc1)c1cnc(C(=O)O)cn1. The molecular weight excluding hydrogens is 254 g/mol. The summed E-state index contributed by atoms with van der Waals surface area (Å²) < 4.78 is 0. The summed E-state index contributed by atoms with van der Waals surface area (Å²) in [4.78, 5) is 21.0. The summed E-state index contributed by atoms with van der Waals surface area (Å²) in [6.45, 7) is 2.95. The molecular formula is C15H17N3O2. The standard InChI is InChI=1S/C15H17N3O2/c1-2-3-9-18(12-7-5-4-6-8-12)14-11-16-13(10-17-14)15(19)20/h4-8,10-11H,2-3,9H2,1H3,(H,19,20). The van der Waals surface area contributed by atoms with Crippen molar-refractivity contribution in [1.29, 1.82) is 0 Å². The van der Waals surface area contributed by atoms with Crippen LogP contribution >= 0.6 is 0 Å². The van der Waals surface area contributed by atoms with Crippen LogP contribution in [0.3, 0.4) is 0 Å². The average molecular weight is 271 g/mol. The molecule has 0 bridgehead atoms. The second-order valence-corrected chi connectivity index (χ2v) is 4.41. The zero-order chi connectivity index (χ0) is 14.4. The topological polar surface area (TPSA) is 66.3 Å². The number of anilines is 2. The van der Waals surface area contributed by atoms with Gasteiger partial charge in [-0.15, -0.1) is 0 Å². The average Bonchev–Trinajstić information content (AvgIpc) is 2.49. The van der Waals surface area contributed by atoms with Gasteiger partial charge in [0.15, 0.2) is 11.5 Å². The second kappa shape index (κ2) is 6.65. The van der Waals surface area contributed by atoms with Gasteiger partial charge in [-0.05, 0) is 18.6 Å². The van der Waals surface area contributed by atoms with Crippen LogP contribution in [0.25, 0.3) is 0 Å². The van der Waals surface area contributed by atoms with Crippen molar-refractivity contribution in [3.05, 3.63) is 48.4 Å². The highest BCUT2D eigenvalue weighted by atomic mass is 16.4. The molecule has 0 saturated carbocycles. The molecule has 2 aromatic rings. The highest BCUT2D eigenvalue weighted by molar-refractivity contribution is 5.85. The van der Waals surface area contributed by atoms with Gasteiger partial charge in [-0.25, -0.2) is 14.8 Å². The molecule has 1 aromatic carbocycles. The van der Waals surface area contributed by atoms with E-state index >= 15 is 0 Å². The lowest BCUT2D eigenvalue weighted by Crippen LogP contribution is -2.20. The Bertz CT molecular complexity index is 555. The van der Waals surface area contributed by atoms with E-state index in [1.807, 2.05) is 35.2 Å². The fourth-order valence-corrected chi connectivity index (χ4v) is 1.87. The summed E-state index contributed by atoms with van der Waals surface area (Å²) >= 11 is 0. The number of unbranched alkanes of at least 4 members (excludes halogenated alkanes) is 1. The number of rotatable bonds is 6. The largest absolute Gasteiger partial charge is 0.476 e. The fraction of sp³-hybridized carbons (Fsp3) is 0.267. The predicted octanol–water partition coefficient (Wildman–Crippen LogP) is 3.11. The minimum Gasteiger partial charge on any atom is -0.476 e. The normalized spacial score (nSPS) is 10.2. The van der Waals surface area contributed by atoms with Gasteiger partial charge in [0, 0.05) is 12.2 Å². The van der Waals surface area contributed by atoms with Crippen LogP contribution in [0.2, 0.25) is 0 Å². The van der Waals surface area contributed by atoms with E-state index in [1.54, 1.807) is 0 Å². The minimum absolute atomic E-state index is 0.0442. The van der Waals surface area contributed by atoms with Crippen molar-refractivity contribution in [3.63, 3.8) is 0 Å². The lowest BCUT2D eigenvalue weighted by atomic mass is 10.2. The molecule has 1 heterocycles. The lowest BCUT2D eigenvalue weighted by molar-refractivity contribution is 0.0690. The lowest BCUT2D eigenvalue weighted by Gasteiger charge is -2.23. The van der Waals surface area contributed by atoms with Gasteiger partial charge in [-0.1, -0.05) is 31.5 Å². The van der Waals surface area contributed by atoms with Crippen LogP contribution in [0.5, 0.6) is 0 Å². The molecule has 0 aliphatic carbocycles. The van der Waals surface area contributed by atoms with Gasteiger partial charge < -0.3 is 10.0 Å². The molecule has 1 N–H and O–H groups in total. The highest BCUT2D eigenvalue weighted by Gasteiger charge is 2.12. The molecule has 0 spiro atoms. The maximum Gasteiger partial charge on any atom is 0.356 e. The first-order chi connectivity index (χ1) is 9.72. The molecule has 0 radical (unpaired) electrons. The number of carbonyl (C=O) groups is 1. The molecule has 0 amide bonds. The van der Waals surface area contributed by atoms with Gasteiger partial charge in [0.25, 0.3) is 0 Å². The Labute approximate surface area is 117 Å². The number of carboxylic acid groups (broad SMARTS) is 1. The number of aromatic carboxylic acids is 1. The number of para-hydroxylation sites is 1. The Morgan fingerprint density at radius 2 is 1.95 bits per heavy atom. The highest BCUT2D eigenvalue weighted by Crippen LogP contribution is 2.23. The summed E-state index contributed by atoms with van der Waals surface area (Å²) in [6.07, 6.45) is 4.90. The van der Waals surface area contributed by atoms with Crippen LogP contribution in [-0.4, -0.2) is 27.6 Å². The van der Waals surface area contributed by atoms with Crippen molar-refractivity contribution in [2.45, 2.75) is 19.8 Å². The summed E-state index contributed by atoms with van der Waals surface area (Å²) in [5, 5.41) is 8.86. The van der Waals surface area contributed by atoms with Crippen molar-refractivity contribution in [2.75, 3.05) is 11.4 Å². The van der Waals surface area contributed by atoms with E-state index < -0.39 is 5.97 Å². The molecule has 0 unspecified atom stereocenters. The first kappa shape index (κ1) is 14.0. The van der Waals surface area contributed by atoms with E-state index in [9.17, 15) is 4.79 Å². The molecule has 5 heteroatoms. The quantitative estimate of drug-likeness (QED) is 0.874. The van der Waals surface area contributed by atoms with Crippen molar-refractivity contribution < 1.29 is 9.90 Å². The van der Waals surface area contributed by atoms with E-state index in [2.05, 4.69) is 16.9 Å². The van der Waals surface area contributed by atoms with Crippen LogP contribution in [0.15, 0.2) is 42.7 Å². The minimum atomic E-state index is -1.07. The van der Waals surface area contributed by atoms with E-state index in [4.69, 9.17) is 5.11 Å². The Morgan fingerprint density at radius 3 is 2.50 bits per heavy atom. The Morgan fingerprint density at radius 1 is 1.20 bits per heavy atom. The summed E-state index contributed by atoms with van der Waals surface area (Å²) in [5.41, 5.74) is 0.982. The molecule has 5 nitrogen and oxygen atoms in total. The first-order valence-corrected chi connectivity index (χ1v) is 6.60. The zero-order valence-corrected chi connectivity index (χ0v) is 11.4.